The molecule has 0 aliphatic heterocycles. The Balaban J connectivity index is 2.53. The summed E-state index contributed by atoms with van der Waals surface area (Å²) in [5.74, 6) is 0. The van der Waals surface area contributed by atoms with Crippen molar-refractivity contribution in [3.63, 3.8) is 0 Å². The van der Waals surface area contributed by atoms with Crippen molar-refractivity contribution < 1.29 is 4.74 Å². The van der Waals surface area contributed by atoms with Crippen LogP contribution in [0.4, 0.5) is 0 Å². The van der Waals surface area contributed by atoms with E-state index in [4.69, 9.17) is 0 Å². The highest BCUT2D eigenvalue weighted by atomic mass is 79.9. The Morgan fingerprint density at radius 2 is 2.00 bits per heavy atom. The molecular formula is C6H12BrO. The molecular weight excluding hydrogens is 168 g/mol. The summed E-state index contributed by atoms with van der Waals surface area (Å²) in [6.07, 6.45) is 3.61. The molecule has 0 aromatic heterocycles. The summed E-state index contributed by atoms with van der Waals surface area (Å²) in [5, 5.41) is 1.10. The summed E-state index contributed by atoms with van der Waals surface area (Å²) in [6, 6.07) is 0. The second kappa shape index (κ2) is 7.44. The van der Waals surface area contributed by atoms with E-state index in [1.165, 1.54) is 12.8 Å². The molecule has 0 aliphatic rings. The van der Waals surface area contributed by atoms with Crippen LogP contribution in [0.25, 0.3) is 0 Å². The largest absolute Gasteiger partial charge is 0.379 e. The number of ether oxygens (including phenoxy) is 1. The van der Waals surface area contributed by atoms with Crippen LogP contribution in [-0.4, -0.2) is 11.9 Å². The van der Waals surface area contributed by atoms with Gasteiger partial charge in [-0.1, -0.05) is 22.4 Å². The molecule has 0 aromatic rings. The molecule has 2 heteroatoms. The van der Waals surface area contributed by atoms with Crippen LogP contribution in [0.2, 0.25) is 0 Å². The first-order valence-corrected chi connectivity index (χ1v) is 3.97. The minimum Gasteiger partial charge on any atom is -0.379 e. The van der Waals surface area contributed by atoms with Crippen LogP contribution < -0.4 is 0 Å². The third-order valence-electron chi connectivity index (χ3n) is 0.922. The van der Waals surface area contributed by atoms with E-state index in [1.807, 2.05) is 0 Å². The maximum atomic E-state index is 4.62. The standard InChI is InChI=1S/C6H12BrO/c1-8-6-4-2-3-5-7/h1-6H2. The maximum absolute atomic E-state index is 4.62. The quantitative estimate of drug-likeness (QED) is 0.466. The second-order valence-electron chi connectivity index (χ2n) is 1.66. The van der Waals surface area contributed by atoms with Crippen LogP contribution in [0, 0.1) is 7.11 Å². The normalized spacial score (nSPS) is 9.75. The molecule has 0 amide bonds. The van der Waals surface area contributed by atoms with E-state index in [-0.39, 0.29) is 0 Å². The van der Waals surface area contributed by atoms with Gasteiger partial charge in [0.1, 0.15) is 0 Å². The van der Waals surface area contributed by atoms with Crippen molar-refractivity contribution in [2.45, 2.75) is 19.3 Å². The van der Waals surface area contributed by atoms with Gasteiger partial charge in [0.25, 0.3) is 0 Å². The van der Waals surface area contributed by atoms with Gasteiger partial charge in [0.05, 0.1) is 7.11 Å². The average molecular weight is 180 g/mol. The number of hydrogen-bond donors (Lipinski definition) is 0. The van der Waals surface area contributed by atoms with Crippen molar-refractivity contribution in [1.82, 2.24) is 0 Å². The Morgan fingerprint density at radius 3 is 2.50 bits per heavy atom. The maximum Gasteiger partial charge on any atom is 0.0700 e. The van der Waals surface area contributed by atoms with Gasteiger partial charge in [-0.25, -0.2) is 0 Å². The van der Waals surface area contributed by atoms with E-state index in [1.54, 1.807) is 0 Å². The Kier molecular flexibility index (Phi) is 7.85. The van der Waals surface area contributed by atoms with Gasteiger partial charge in [-0.15, -0.1) is 0 Å². The fourth-order valence-electron chi connectivity index (χ4n) is 0.475. The third-order valence-corrected chi connectivity index (χ3v) is 1.48. The van der Waals surface area contributed by atoms with E-state index in [2.05, 4.69) is 27.8 Å². The summed E-state index contributed by atoms with van der Waals surface area (Å²) in [5.41, 5.74) is 0. The van der Waals surface area contributed by atoms with Gasteiger partial charge < -0.3 is 4.74 Å². The van der Waals surface area contributed by atoms with Gasteiger partial charge in [0.2, 0.25) is 0 Å². The number of alkyl halides is 1. The van der Waals surface area contributed by atoms with Crippen LogP contribution in [0.1, 0.15) is 19.3 Å². The highest BCUT2D eigenvalue weighted by Crippen LogP contribution is 1.97. The molecule has 0 aliphatic carbocycles. The average Bonchev–Trinajstić information content (AvgIpc) is 1.81. The smallest absolute Gasteiger partial charge is 0.0700 e. The predicted octanol–water partition coefficient (Wildman–Crippen LogP) is 2.36. The zero-order valence-electron chi connectivity index (χ0n) is 5.03. The SMILES string of the molecule is [CH2]OCCCCCBr. The molecule has 0 bridgehead atoms. The van der Waals surface area contributed by atoms with Gasteiger partial charge >= 0.3 is 0 Å². The van der Waals surface area contributed by atoms with Crippen LogP contribution in [0.15, 0.2) is 0 Å². The van der Waals surface area contributed by atoms with E-state index in [0.717, 1.165) is 18.4 Å². The minimum atomic E-state index is 0.799. The first kappa shape index (κ1) is 8.44. The Morgan fingerprint density at radius 1 is 1.25 bits per heavy atom. The molecule has 0 rings (SSSR count). The zero-order chi connectivity index (χ0) is 6.24. The van der Waals surface area contributed by atoms with E-state index >= 15 is 0 Å². The summed E-state index contributed by atoms with van der Waals surface area (Å²) >= 11 is 3.35. The van der Waals surface area contributed by atoms with Gasteiger partial charge in [0.15, 0.2) is 0 Å². The van der Waals surface area contributed by atoms with Crippen molar-refractivity contribution in [1.29, 1.82) is 0 Å². The Bertz CT molecular complexity index is 33.5. The zero-order valence-corrected chi connectivity index (χ0v) is 6.61. The van der Waals surface area contributed by atoms with Crippen molar-refractivity contribution in [2.75, 3.05) is 11.9 Å². The fourth-order valence-corrected chi connectivity index (χ4v) is 0.872. The summed E-state index contributed by atoms with van der Waals surface area (Å²) in [4.78, 5) is 0. The van der Waals surface area contributed by atoms with Gasteiger partial charge in [-0.05, 0) is 12.8 Å². The van der Waals surface area contributed by atoms with Crippen LogP contribution >= 0.6 is 15.9 Å². The topological polar surface area (TPSA) is 9.23 Å². The first-order valence-electron chi connectivity index (χ1n) is 2.84. The highest BCUT2D eigenvalue weighted by molar-refractivity contribution is 9.09. The monoisotopic (exact) mass is 179 g/mol. The van der Waals surface area contributed by atoms with Crippen molar-refractivity contribution in [3.05, 3.63) is 7.11 Å². The van der Waals surface area contributed by atoms with Gasteiger partial charge in [-0.3, -0.25) is 0 Å². The summed E-state index contributed by atoms with van der Waals surface area (Å²) < 4.78 is 4.62. The number of rotatable bonds is 5. The lowest BCUT2D eigenvalue weighted by Gasteiger charge is -1.94. The third kappa shape index (κ3) is 6.44. The molecule has 0 unspecified atom stereocenters. The Labute approximate surface area is 59.5 Å². The lowest BCUT2D eigenvalue weighted by molar-refractivity contribution is 0.234. The lowest BCUT2D eigenvalue weighted by atomic mass is 10.3. The fraction of sp³-hybridized carbons (Fsp3) is 0.833. The minimum absolute atomic E-state index is 0.799. The van der Waals surface area contributed by atoms with Crippen molar-refractivity contribution in [2.24, 2.45) is 0 Å². The molecule has 0 fully saturated rings. The van der Waals surface area contributed by atoms with Crippen LogP contribution in [-0.2, 0) is 4.74 Å². The molecule has 0 spiro atoms. The molecule has 1 nitrogen and oxygen atoms in total. The number of unbranched alkanes of at least 4 members (excludes halogenated alkanes) is 2. The molecule has 0 atom stereocenters. The molecule has 0 N–H and O–H groups in total. The molecule has 0 saturated carbocycles. The van der Waals surface area contributed by atoms with Gasteiger partial charge in [-0.2, -0.15) is 0 Å². The number of halogens is 1. The number of hydrogen-bond acceptors (Lipinski definition) is 1. The van der Waals surface area contributed by atoms with Crippen LogP contribution in [0.3, 0.4) is 0 Å². The highest BCUT2D eigenvalue weighted by Gasteiger charge is 1.84. The molecule has 49 valence electrons. The lowest BCUT2D eigenvalue weighted by Crippen LogP contribution is -1.86. The summed E-state index contributed by atoms with van der Waals surface area (Å²) in [6.45, 7) is 0.799. The molecule has 0 aromatic carbocycles. The van der Waals surface area contributed by atoms with Gasteiger partial charge in [0, 0.05) is 11.9 Å². The summed E-state index contributed by atoms with van der Waals surface area (Å²) in [7, 11) is 3.27. The second-order valence-corrected chi connectivity index (χ2v) is 2.45. The molecule has 0 saturated heterocycles. The van der Waals surface area contributed by atoms with Crippen molar-refractivity contribution >= 4 is 15.9 Å². The van der Waals surface area contributed by atoms with E-state index in [9.17, 15) is 0 Å². The van der Waals surface area contributed by atoms with Crippen molar-refractivity contribution in [3.8, 4) is 0 Å². The molecule has 1 radical (unpaired) electrons. The first-order chi connectivity index (χ1) is 3.91. The predicted molar refractivity (Wildman–Crippen MR) is 39.0 cm³/mol. The molecule has 8 heavy (non-hydrogen) atoms. The Hall–Kier alpha value is 0.440. The van der Waals surface area contributed by atoms with Crippen LogP contribution in [0.5, 0.6) is 0 Å². The van der Waals surface area contributed by atoms with E-state index in [0.29, 0.717) is 0 Å². The van der Waals surface area contributed by atoms with E-state index < -0.39 is 0 Å². The molecule has 0 heterocycles.